The molecule has 1 fully saturated rings. The van der Waals surface area contributed by atoms with Crippen LogP contribution in [-0.4, -0.2) is 43.9 Å². The van der Waals surface area contributed by atoms with Crippen LogP contribution in [0.15, 0.2) is 42.5 Å². The highest BCUT2D eigenvalue weighted by Crippen LogP contribution is 2.28. The van der Waals surface area contributed by atoms with Crippen LogP contribution in [-0.2, 0) is 4.79 Å². The predicted molar refractivity (Wildman–Crippen MR) is 109 cm³/mol. The first-order valence-corrected chi connectivity index (χ1v) is 9.55. The molecule has 7 heteroatoms. The third-order valence-electron chi connectivity index (χ3n) is 4.94. The Hall–Kier alpha value is -2.60. The van der Waals surface area contributed by atoms with Gasteiger partial charge in [-0.25, -0.2) is 4.39 Å². The topological polar surface area (TPSA) is 52.7 Å². The first-order valence-electron chi connectivity index (χ1n) is 9.17. The fraction of sp³-hybridized carbons (Fsp3) is 0.333. The molecule has 2 amide bonds. The van der Waals surface area contributed by atoms with Crippen molar-refractivity contribution in [1.29, 1.82) is 0 Å². The highest BCUT2D eigenvalue weighted by molar-refractivity contribution is 6.33. The lowest BCUT2D eigenvalue weighted by molar-refractivity contribution is -0.121. The molecule has 1 aliphatic heterocycles. The van der Waals surface area contributed by atoms with Gasteiger partial charge in [0.2, 0.25) is 5.91 Å². The van der Waals surface area contributed by atoms with Crippen LogP contribution in [0.5, 0.6) is 0 Å². The third kappa shape index (κ3) is 4.62. The molecule has 1 N–H and O–H groups in total. The van der Waals surface area contributed by atoms with Crippen LogP contribution in [0.1, 0.15) is 23.2 Å². The number of hydrogen-bond acceptors (Lipinski definition) is 3. The maximum Gasteiger partial charge on any atom is 0.253 e. The summed E-state index contributed by atoms with van der Waals surface area (Å²) in [5.74, 6) is -0.734. The first kappa shape index (κ1) is 20.1. The normalized spacial score (nSPS) is 14.6. The number of carbonyl (C=O) groups excluding carboxylic acids is 2. The Morgan fingerprint density at radius 3 is 2.32 bits per heavy atom. The molecule has 2 aromatic carbocycles. The molecule has 148 valence electrons. The van der Waals surface area contributed by atoms with Gasteiger partial charge in [-0.3, -0.25) is 9.59 Å². The summed E-state index contributed by atoms with van der Waals surface area (Å²) in [5, 5.41) is 3.49. The van der Waals surface area contributed by atoms with Gasteiger partial charge < -0.3 is 15.1 Å². The molecule has 28 heavy (non-hydrogen) atoms. The van der Waals surface area contributed by atoms with Crippen LogP contribution in [0.25, 0.3) is 0 Å². The Labute approximate surface area is 169 Å². The molecule has 1 aliphatic rings. The average molecular weight is 404 g/mol. The molecular weight excluding hydrogens is 381 g/mol. The Bertz CT molecular complexity index is 862. The molecule has 3 rings (SSSR count). The van der Waals surface area contributed by atoms with E-state index in [9.17, 15) is 14.0 Å². The lowest BCUT2D eigenvalue weighted by Crippen LogP contribution is -2.41. The number of rotatable bonds is 4. The summed E-state index contributed by atoms with van der Waals surface area (Å²) >= 11 is 6.25. The molecule has 0 unspecified atom stereocenters. The van der Waals surface area contributed by atoms with Crippen molar-refractivity contribution >= 4 is 34.8 Å². The van der Waals surface area contributed by atoms with E-state index in [4.69, 9.17) is 11.6 Å². The Kier molecular flexibility index (Phi) is 6.19. The van der Waals surface area contributed by atoms with E-state index in [1.807, 2.05) is 31.1 Å². The summed E-state index contributed by atoms with van der Waals surface area (Å²) in [6.07, 6.45) is 1.17. The minimum atomic E-state index is -0.370. The number of likely N-dealkylation sites (tertiary alicyclic amines) is 1. The quantitative estimate of drug-likeness (QED) is 0.838. The van der Waals surface area contributed by atoms with E-state index in [0.717, 1.165) is 5.69 Å². The number of halogens is 2. The second kappa shape index (κ2) is 8.61. The van der Waals surface area contributed by atoms with Gasteiger partial charge in [-0.1, -0.05) is 11.6 Å². The van der Waals surface area contributed by atoms with Crippen LogP contribution >= 0.6 is 11.6 Å². The fourth-order valence-electron chi connectivity index (χ4n) is 3.31. The van der Waals surface area contributed by atoms with Gasteiger partial charge in [-0.15, -0.1) is 0 Å². The first-order chi connectivity index (χ1) is 13.3. The zero-order chi connectivity index (χ0) is 20.3. The van der Waals surface area contributed by atoms with Gasteiger partial charge in [0.15, 0.2) is 0 Å². The average Bonchev–Trinajstić information content (AvgIpc) is 2.68. The Morgan fingerprint density at radius 2 is 1.75 bits per heavy atom. The van der Waals surface area contributed by atoms with E-state index < -0.39 is 0 Å². The maximum atomic E-state index is 13.0. The third-order valence-corrected chi connectivity index (χ3v) is 5.24. The largest absolute Gasteiger partial charge is 0.376 e. The number of carbonyl (C=O) groups is 2. The summed E-state index contributed by atoms with van der Waals surface area (Å²) < 4.78 is 13.0. The lowest BCUT2D eigenvalue weighted by Gasteiger charge is -2.31. The van der Waals surface area contributed by atoms with Gasteiger partial charge >= 0.3 is 0 Å². The van der Waals surface area contributed by atoms with Crippen molar-refractivity contribution < 1.29 is 14.0 Å². The number of benzene rings is 2. The maximum absolute atomic E-state index is 13.0. The molecule has 0 bridgehead atoms. The summed E-state index contributed by atoms with van der Waals surface area (Å²) in [4.78, 5) is 28.7. The van der Waals surface area contributed by atoms with E-state index in [2.05, 4.69) is 5.32 Å². The molecule has 0 spiro atoms. The zero-order valence-electron chi connectivity index (χ0n) is 15.9. The van der Waals surface area contributed by atoms with Crippen LogP contribution in [0, 0.1) is 11.7 Å². The minimum Gasteiger partial charge on any atom is -0.376 e. The van der Waals surface area contributed by atoms with Gasteiger partial charge in [-0.2, -0.15) is 0 Å². The number of piperidine rings is 1. The highest BCUT2D eigenvalue weighted by atomic mass is 35.5. The summed E-state index contributed by atoms with van der Waals surface area (Å²) in [6, 6.07) is 11.0. The van der Waals surface area contributed by atoms with Crippen molar-refractivity contribution in [1.82, 2.24) is 4.90 Å². The standard InChI is InChI=1S/C21H23ClFN3O2/c1-25(2)19-8-7-17(13-18(19)22)24-20(27)14-9-11-26(12-10-14)21(28)15-3-5-16(23)6-4-15/h3-8,13-14H,9-12H2,1-2H3,(H,24,27). The van der Waals surface area contributed by atoms with Crippen LogP contribution < -0.4 is 10.2 Å². The van der Waals surface area contributed by atoms with Gasteiger partial charge in [0.05, 0.1) is 10.7 Å². The van der Waals surface area contributed by atoms with E-state index in [1.165, 1.54) is 24.3 Å². The van der Waals surface area contributed by atoms with E-state index in [-0.39, 0.29) is 23.5 Å². The van der Waals surface area contributed by atoms with Gasteiger partial charge in [-0.05, 0) is 55.3 Å². The molecule has 1 heterocycles. The van der Waals surface area contributed by atoms with E-state index >= 15 is 0 Å². The molecule has 2 aromatic rings. The van der Waals surface area contributed by atoms with Crippen molar-refractivity contribution in [3.8, 4) is 0 Å². The Morgan fingerprint density at radius 1 is 1.11 bits per heavy atom. The number of nitrogens with one attached hydrogen (secondary N) is 1. The molecule has 0 atom stereocenters. The van der Waals surface area contributed by atoms with E-state index in [0.29, 0.717) is 42.2 Å². The SMILES string of the molecule is CN(C)c1ccc(NC(=O)C2CCN(C(=O)c3ccc(F)cc3)CC2)cc1Cl. The molecule has 0 saturated carbocycles. The Balaban J connectivity index is 1.56. The molecular formula is C21H23ClFN3O2. The fourth-order valence-corrected chi connectivity index (χ4v) is 3.66. The van der Waals surface area contributed by atoms with Crippen molar-refractivity contribution in [2.24, 2.45) is 5.92 Å². The number of hydrogen-bond donors (Lipinski definition) is 1. The summed E-state index contributed by atoms with van der Waals surface area (Å²) in [5.41, 5.74) is 2.00. The van der Waals surface area contributed by atoms with Crippen molar-refractivity contribution in [3.05, 3.63) is 58.9 Å². The summed E-state index contributed by atoms with van der Waals surface area (Å²) in [7, 11) is 3.81. The van der Waals surface area contributed by atoms with E-state index in [1.54, 1.807) is 11.0 Å². The van der Waals surface area contributed by atoms with Gasteiger partial charge in [0.25, 0.3) is 5.91 Å². The van der Waals surface area contributed by atoms with Crippen molar-refractivity contribution in [2.45, 2.75) is 12.8 Å². The molecule has 1 saturated heterocycles. The number of anilines is 2. The molecule has 0 aliphatic carbocycles. The van der Waals surface area contributed by atoms with Crippen molar-refractivity contribution in [2.75, 3.05) is 37.4 Å². The molecule has 0 radical (unpaired) electrons. The smallest absolute Gasteiger partial charge is 0.253 e. The molecule has 0 aromatic heterocycles. The van der Waals surface area contributed by atoms with Crippen LogP contribution in [0.2, 0.25) is 5.02 Å². The highest BCUT2D eigenvalue weighted by Gasteiger charge is 2.28. The minimum absolute atomic E-state index is 0.0671. The van der Waals surface area contributed by atoms with Crippen molar-refractivity contribution in [3.63, 3.8) is 0 Å². The summed E-state index contributed by atoms with van der Waals surface area (Å²) in [6.45, 7) is 0.989. The number of amides is 2. The second-order valence-corrected chi connectivity index (χ2v) is 7.53. The second-order valence-electron chi connectivity index (χ2n) is 7.12. The molecule has 5 nitrogen and oxygen atoms in total. The van der Waals surface area contributed by atoms with Crippen LogP contribution in [0.4, 0.5) is 15.8 Å². The van der Waals surface area contributed by atoms with Gasteiger partial charge in [0, 0.05) is 44.4 Å². The van der Waals surface area contributed by atoms with Crippen LogP contribution in [0.3, 0.4) is 0 Å². The predicted octanol–water partition coefficient (Wildman–Crippen LogP) is 4.04. The monoisotopic (exact) mass is 403 g/mol. The lowest BCUT2D eigenvalue weighted by atomic mass is 9.95. The number of nitrogens with zero attached hydrogens (tertiary/aromatic N) is 2. The zero-order valence-corrected chi connectivity index (χ0v) is 16.7. The van der Waals surface area contributed by atoms with Gasteiger partial charge in [0.1, 0.15) is 5.82 Å².